The van der Waals surface area contributed by atoms with Crippen molar-refractivity contribution in [1.82, 2.24) is 9.88 Å². The van der Waals surface area contributed by atoms with Crippen LogP contribution in [0.1, 0.15) is 38.4 Å². The van der Waals surface area contributed by atoms with Crippen LogP contribution >= 0.6 is 0 Å². The second-order valence-corrected chi connectivity index (χ2v) is 7.12. The summed E-state index contributed by atoms with van der Waals surface area (Å²) in [6, 6.07) is 1.96. The molecule has 6 heteroatoms. The summed E-state index contributed by atoms with van der Waals surface area (Å²) in [7, 11) is 0. The molecule has 1 N–H and O–H groups in total. The summed E-state index contributed by atoms with van der Waals surface area (Å²) in [4.78, 5) is 19.4. The molecule has 3 rings (SSSR count). The van der Waals surface area contributed by atoms with Crippen LogP contribution in [0.5, 0.6) is 5.75 Å². The Morgan fingerprint density at radius 1 is 1.33 bits per heavy atom. The van der Waals surface area contributed by atoms with Gasteiger partial charge in [-0.1, -0.05) is 20.8 Å². The van der Waals surface area contributed by atoms with Gasteiger partial charge in [0, 0.05) is 37.0 Å². The number of ether oxygens (including phenoxy) is 2. The number of fused-ring (bicyclic) bond motifs is 1. The molecule has 0 aromatic carbocycles. The van der Waals surface area contributed by atoms with Crippen molar-refractivity contribution in [2.45, 2.75) is 40.2 Å². The first kappa shape index (κ1) is 17.2. The van der Waals surface area contributed by atoms with Crippen LogP contribution in [0.25, 0.3) is 0 Å². The van der Waals surface area contributed by atoms with Crippen molar-refractivity contribution in [2.75, 3.05) is 38.2 Å². The minimum Gasteiger partial charge on any atom is -0.491 e. The third-order valence-corrected chi connectivity index (χ3v) is 4.94. The van der Waals surface area contributed by atoms with Gasteiger partial charge in [0.15, 0.2) is 0 Å². The predicted molar refractivity (Wildman–Crippen MR) is 92.2 cm³/mol. The molecule has 2 aliphatic heterocycles. The molecule has 1 aromatic heterocycles. The fraction of sp³-hybridized carbons (Fsp3) is 0.667. The van der Waals surface area contributed by atoms with E-state index < -0.39 is 5.41 Å². The van der Waals surface area contributed by atoms with Crippen LogP contribution < -0.4 is 10.1 Å². The second-order valence-electron chi connectivity index (χ2n) is 7.12. The lowest BCUT2D eigenvalue weighted by Gasteiger charge is -2.27. The van der Waals surface area contributed by atoms with Crippen LogP contribution in [-0.4, -0.2) is 48.7 Å². The quantitative estimate of drug-likeness (QED) is 0.895. The van der Waals surface area contributed by atoms with Gasteiger partial charge in [-0.05, 0) is 12.5 Å². The highest BCUT2D eigenvalue weighted by Crippen LogP contribution is 2.32. The molecular weight excluding hydrogens is 306 g/mol. The molecule has 0 saturated carbocycles. The number of nitrogens with one attached hydrogen (secondary N) is 1. The average Bonchev–Trinajstić information content (AvgIpc) is 3.04. The molecule has 0 spiro atoms. The number of amides is 1. The van der Waals surface area contributed by atoms with Crippen molar-refractivity contribution in [3.63, 3.8) is 0 Å². The fourth-order valence-corrected chi connectivity index (χ4v) is 2.87. The van der Waals surface area contributed by atoms with Crippen LogP contribution in [0.3, 0.4) is 0 Å². The Labute approximate surface area is 143 Å². The summed E-state index contributed by atoms with van der Waals surface area (Å²) in [6.07, 6.45) is 1.58. The Kier molecular flexibility index (Phi) is 5.06. The number of anilines is 1. The summed E-state index contributed by atoms with van der Waals surface area (Å²) in [5.74, 6) is 1.54. The highest BCUT2D eigenvalue weighted by Gasteiger charge is 2.27. The molecule has 1 fully saturated rings. The zero-order chi connectivity index (χ0) is 17.2. The molecular formula is C18H27N3O3. The number of hydrogen-bond acceptors (Lipinski definition) is 5. The number of aromatic nitrogens is 1. The highest BCUT2D eigenvalue weighted by molar-refractivity contribution is 5.94. The molecule has 0 unspecified atom stereocenters. The van der Waals surface area contributed by atoms with E-state index in [9.17, 15) is 4.79 Å². The lowest BCUT2D eigenvalue weighted by molar-refractivity contribution is -0.124. The average molecular weight is 333 g/mol. The Bertz CT molecular complexity index is 610. The number of hydrogen-bond donors (Lipinski definition) is 1. The third kappa shape index (κ3) is 3.70. The number of pyridine rings is 1. The van der Waals surface area contributed by atoms with E-state index in [-0.39, 0.29) is 5.91 Å². The van der Waals surface area contributed by atoms with E-state index in [1.165, 1.54) is 0 Å². The molecule has 24 heavy (non-hydrogen) atoms. The topological polar surface area (TPSA) is 63.7 Å². The fourth-order valence-electron chi connectivity index (χ4n) is 2.87. The van der Waals surface area contributed by atoms with Gasteiger partial charge < -0.3 is 14.8 Å². The van der Waals surface area contributed by atoms with E-state index in [0.29, 0.717) is 12.4 Å². The third-order valence-electron chi connectivity index (χ3n) is 4.94. The zero-order valence-corrected chi connectivity index (χ0v) is 14.9. The van der Waals surface area contributed by atoms with Crippen molar-refractivity contribution < 1.29 is 14.3 Å². The SMILES string of the molecule is CCC(C)(C)C(=O)Nc1cc(CN2CCOCC2)c2c(n1)CCO2. The summed E-state index contributed by atoms with van der Waals surface area (Å²) < 4.78 is 11.2. The van der Waals surface area contributed by atoms with Crippen molar-refractivity contribution in [3.8, 4) is 5.75 Å². The van der Waals surface area contributed by atoms with Crippen LogP contribution in [0.15, 0.2) is 6.07 Å². The van der Waals surface area contributed by atoms with Gasteiger partial charge in [0.25, 0.3) is 0 Å². The van der Waals surface area contributed by atoms with Gasteiger partial charge >= 0.3 is 0 Å². The maximum Gasteiger partial charge on any atom is 0.231 e. The molecule has 0 bridgehead atoms. The van der Waals surface area contributed by atoms with E-state index in [2.05, 4.69) is 15.2 Å². The van der Waals surface area contributed by atoms with Crippen LogP contribution in [0.4, 0.5) is 5.82 Å². The smallest absolute Gasteiger partial charge is 0.231 e. The van der Waals surface area contributed by atoms with E-state index in [1.54, 1.807) is 0 Å². The van der Waals surface area contributed by atoms with E-state index >= 15 is 0 Å². The summed E-state index contributed by atoms with van der Waals surface area (Å²) in [5.41, 5.74) is 1.65. The molecule has 2 aliphatic rings. The minimum atomic E-state index is -0.401. The van der Waals surface area contributed by atoms with E-state index in [4.69, 9.17) is 9.47 Å². The highest BCUT2D eigenvalue weighted by atomic mass is 16.5. The van der Waals surface area contributed by atoms with Crippen LogP contribution in [0, 0.1) is 5.41 Å². The zero-order valence-electron chi connectivity index (χ0n) is 14.9. The maximum atomic E-state index is 12.5. The van der Waals surface area contributed by atoms with Crippen molar-refractivity contribution in [2.24, 2.45) is 5.41 Å². The summed E-state index contributed by atoms with van der Waals surface area (Å²) in [5, 5.41) is 2.99. The molecule has 0 aliphatic carbocycles. The van der Waals surface area contributed by atoms with E-state index in [0.717, 1.165) is 62.7 Å². The Morgan fingerprint density at radius 2 is 2.08 bits per heavy atom. The predicted octanol–water partition coefficient (Wildman–Crippen LogP) is 2.22. The number of carbonyl (C=O) groups is 1. The van der Waals surface area contributed by atoms with Gasteiger partial charge in [0.1, 0.15) is 11.6 Å². The van der Waals surface area contributed by atoms with Gasteiger partial charge in [-0.25, -0.2) is 4.98 Å². The number of nitrogens with zero attached hydrogens (tertiary/aromatic N) is 2. The number of morpholine rings is 1. The first-order valence-corrected chi connectivity index (χ1v) is 8.77. The minimum absolute atomic E-state index is 0.00804. The number of rotatable bonds is 5. The van der Waals surface area contributed by atoms with Gasteiger partial charge in [-0.3, -0.25) is 9.69 Å². The summed E-state index contributed by atoms with van der Waals surface area (Å²) >= 11 is 0. The largest absolute Gasteiger partial charge is 0.491 e. The lowest BCUT2D eigenvalue weighted by atomic mass is 9.89. The molecule has 132 valence electrons. The molecule has 3 heterocycles. The Balaban J connectivity index is 1.80. The van der Waals surface area contributed by atoms with Gasteiger partial charge in [0.05, 0.1) is 25.5 Å². The molecule has 0 radical (unpaired) electrons. The number of carbonyl (C=O) groups excluding carboxylic acids is 1. The van der Waals surface area contributed by atoms with Crippen molar-refractivity contribution in [1.29, 1.82) is 0 Å². The molecule has 6 nitrogen and oxygen atoms in total. The lowest BCUT2D eigenvalue weighted by Crippen LogP contribution is -2.35. The molecule has 1 aromatic rings. The van der Waals surface area contributed by atoms with Gasteiger partial charge in [-0.2, -0.15) is 0 Å². The van der Waals surface area contributed by atoms with Crippen molar-refractivity contribution in [3.05, 3.63) is 17.3 Å². The molecule has 1 saturated heterocycles. The second kappa shape index (κ2) is 7.07. The van der Waals surface area contributed by atoms with Crippen molar-refractivity contribution >= 4 is 11.7 Å². The summed E-state index contributed by atoms with van der Waals surface area (Å²) in [6.45, 7) is 10.8. The first-order valence-electron chi connectivity index (χ1n) is 8.77. The van der Waals surface area contributed by atoms with Gasteiger partial charge in [-0.15, -0.1) is 0 Å². The van der Waals surface area contributed by atoms with Crippen LogP contribution in [0.2, 0.25) is 0 Å². The Morgan fingerprint density at radius 3 is 2.79 bits per heavy atom. The van der Waals surface area contributed by atoms with Crippen LogP contribution in [-0.2, 0) is 22.5 Å². The Hall–Kier alpha value is -1.66. The normalized spacial score (nSPS) is 18.1. The van der Waals surface area contributed by atoms with Gasteiger partial charge in [0.2, 0.25) is 5.91 Å². The molecule has 1 amide bonds. The molecule has 0 atom stereocenters. The first-order chi connectivity index (χ1) is 11.5. The van der Waals surface area contributed by atoms with E-state index in [1.807, 2.05) is 26.8 Å². The standard InChI is InChI=1S/C18H27N3O3/c1-4-18(2,3)17(22)20-15-11-13(12-21-6-9-23-10-7-21)16-14(19-15)5-8-24-16/h11H,4-10,12H2,1-3H3,(H,19,20,22). The maximum absolute atomic E-state index is 12.5. The monoisotopic (exact) mass is 333 g/mol.